The third kappa shape index (κ3) is 3.42. The number of benzene rings is 2. The van der Waals surface area contributed by atoms with Crippen LogP contribution in [0.15, 0.2) is 58.3 Å². The first-order valence-electron chi connectivity index (χ1n) is 8.28. The predicted molar refractivity (Wildman–Crippen MR) is 99.6 cm³/mol. The van der Waals surface area contributed by atoms with Gasteiger partial charge in [0.05, 0.1) is 16.5 Å². The second-order valence-corrected chi connectivity index (χ2v) is 10.5. The van der Waals surface area contributed by atoms with Crippen molar-refractivity contribution >= 4 is 20.0 Å². The van der Waals surface area contributed by atoms with Crippen LogP contribution in [-0.2, 0) is 20.0 Å². The summed E-state index contributed by atoms with van der Waals surface area (Å²) in [5, 5.41) is 0. The van der Waals surface area contributed by atoms with Crippen LogP contribution in [0.3, 0.4) is 0 Å². The summed E-state index contributed by atoms with van der Waals surface area (Å²) in [5.74, 6) is 0. The number of hydrogen-bond acceptors (Lipinski definition) is 4. The molecule has 0 unspecified atom stereocenters. The first kappa shape index (κ1) is 19.0. The highest BCUT2D eigenvalue weighted by molar-refractivity contribution is 7.90. The molecular formula is C18H22N2O4S2. The number of rotatable bonds is 4. The minimum absolute atomic E-state index is 0.126. The molecular weight excluding hydrogens is 372 g/mol. The first-order valence-corrected chi connectivity index (χ1v) is 11.2. The lowest BCUT2D eigenvalue weighted by atomic mass is 10.2. The summed E-state index contributed by atoms with van der Waals surface area (Å²) in [4.78, 5) is 0.342. The topological polar surface area (TPSA) is 74.8 Å². The molecule has 0 radical (unpaired) electrons. The van der Waals surface area contributed by atoms with E-state index in [0.29, 0.717) is 0 Å². The maximum absolute atomic E-state index is 12.9. The van der Waals surface area contributed by atoms with Crippen molar-refractivity contribution in [1.29, 1.82) is 0 Å². The van der Waals surface area contributed by atoms with Crippen molar-refractivity contribution in [3.63, 3.8) is 0 Å². The summed E-state index contributed by atoms with van der Waals surface area (Å²) < 4.78 is 54.0. The summed E-state index contributed by atoms with van der Waals surface area (Å²) in [6, 6.07) is 12.7. The van der Waals surface area contributed by atoms with Gasteiger partial charge in [0.25, 0.3) is 0 Å². The molecule has 140 valence electrons. The molecule has 1 saturated heterocycles. The van der Waals surface area contributed by atoms with Gasteiger partial charge < -0.3 is 0 Å². The molecule has 1 aliphatic heterocycles. The third-order valence-electron chi connectivity index (χ3n) is 4.54. The molecule has 2 aromatic carbocycles. The van der Waals surface area contributed by atoms with Crippen molar-refractivity contribution in [2.75, 3.05) is 13.2 Å². The lowest BCUT2D eigenvalue weighted by Crippen LogP contribution is -2.36. The van der Waals surface area contributed by atoms with Crippen LogP contribution in [0.25, 0.3) is 0 Å². The van der Waals surface area contributed by atoms with Gasteiger partial charge in [-0.05, 0) is 45.0 Å². The number of nitrogens with zero attached hydrogens (tertiary/aromatic N) is 2. The Labute approximate surface area is 155 Å². The molecule has 0 amide bonds. The highest BCUT2D eigenvalue weighted by Crippen LogP contribution is 2.28. The highest BCUT2D eigenvalue weighted by atomic mass is 32.2. The molecule has 2 aromatic rings. The maximum Gasteiger partial charge on any atom is 0.244 e. The Balaban J connectivity index is 1.89. The van der Waals surface area contributed by atoms with Crippen molar-refractivity contribution in [3.8, 4) is 0 Å². The summed E-state index contributed by atoms with van der Waals surface area (Å²) in [7, 11) is -7.50. The van der Waals surface area contributed by atoms with E-state index < -0.39 is 26.1 Å². The van der Waals surface area contributed by atoms with Crippen molar-refractivity contribution < 1.29 is 16.8 Å². The van der Waals surface area contributed by atoms with Gasteiger partial charge in [-0.1, -0.05) is 35.4 Å². The summed E-state index contributed by atoms with van der Waals surface area (Å²) >= 11 is 0. The summed E-state index contributed by atoms with van der Waals surface area (Å²) in [6.07, 6.45) is 0. The van der Waals surface area contributed by atoms with E-state index in [9.17, 15) is 16.8 Å². The largest absolute Gasteiger partial charge is 0.244 e. The van der Waals surface area contributed by atoms with E-state index in [-0.39, 0.29) is 23.0 Å². The molecule has 6 nitrogen and oxygen atoms in total. The lowest BCUT2D eigenvalue weighted by molar-refractivity contribution is 0.390. The van der Waals surface area contributed by atoms with Gasteiger partial charge in [-0.3, -0.25) is 0 Å². The zero-order valence-electron chi connectivity index (χ0n) is 15.0. The molecule has 0 spiro atoms. The van der Waals surface area contributed by atoms with Gasteiger partial charge in [-0.25, -0.2) is 16.8 Å². The molecule has 0 bridgehead atoms. The van der Waals surface area contributed by atoms with Gasteiger partial charge in [0, 0.05) is 12.6 Å². The molecule has 1 aliphatic rings. The second kappa shape index (κ2) is 6.77. The van der Waals surface area contributed by atoms with E-state index >= 15 is 0 Å². The summed E-state index contributed by atoms with van der Waals surface area (Å²) in [5.41, 5.74) is 1.92. The van der Waals surface area contributed by atoms with Crippen molar-refractivity contribution in [1.82, 2.24) is 8.61 Å². The van der Waals surface area contributed by atoms with E-state index in [4.69, 9.17) is 0 Å². The van der Waals surface area contributed by atoms with Crippen LogP contribution in [0.2, 0.25) is 0 Å². The predicted octanol–water partition coefficient (Wildman–Crippen LogP) is 2.34. The minimum Gasteiger partial charge on any atom is -0.207 e. The second-order valence-electron chi connectivity index (χ2n) is 6.65. The van der Waals surface area contributed by atoms with E-state index in [1.807, 2.05) is 13.8 Å². The Morgan fingerprint density at radius 1 is 0.769 bits per heavy atom. The zero-order chi connectivity index (χ0) is 19.1. The summed E-state index contributed by atoms with van der Waals surface area (Å²) in [6.45, 7) is 5.42. The lowest BCUT2D eigenvalue weighted by Gasteiger charge is -2.20. The molecule has 0 N–H and O–H groups in total. The van der Waals surface area contributed by atoms with E-state index in [1.165, 1.54) is 8.61 Å². The van der Waals surface area contributed by atoms with Crippen LogP contribution in [0.5, 0.6) is 0 Å². The SMILES string of the molecule is Cc1ccc(S(=O)(=O)N2C[C@H](C)N(S(=O)(=O)c3ccc(C)cc3)C2)cc1. The monoisotopic (exact) mass is 394 g/mol. The van der Waals surface area contributed by atoms with Crippen molar-refractivity contribution in [2.24, 2.45) is 0 Å². The van der Waals surface area contributed by atoms with Gasteiger partial charge in [-0.2, -0.15) is 8.61 Å². The minimum atomic E-state index is -3.76. The fraction of sp³-hybridized carbons (Fsp3) is 0.333. The molecule has 3 rings (SSSR count). The Morgan fingerprint density at radius 3 is 1.65 bits per heavy atom. The number of aryl methyl sites for hydroxylation is 2. The molecule has 1 atom stereocenters. The fourth-order valence-electron chi connectivity index (χ4n) is 2.93. The Kier molecular flexibility index (Phi) is 4.96. The zero-order valence-corrected chi connectivity index (χ0v) is 16.6. The van der Waals surface area contributed by atoms with Gasteiger partial charge in [0.15, 0.2) is 0 Å². The molecule has 8 heteroatoms. The number of hydrogen-bond donors (Lipinski definition) is 0. The average Bonchev–Trinajstić information content (AvgIpc) is 2.99. The van der Waals surface area contributed by atoms with Gasteiger partial charge >= 0.3 is 0 Å². The maximum atomic E-state index is 12.9. The van der Waals surface area contributed by atoms with Crippen molar-refractivity contribution in [2.45, 2.75) is 36.6 Å². The van der Waals surface area contributed by atoms with E-state index in [1.54, 1.807) is 55.5 Å². The molecule has 0 aromatic heterocycles. The Hall–Kier alpha value is -1.74. The van der Waals surface area contributed by atoms with Gasteiger partial charge in [0.2, 0.25) is 20.0 Å². The van der Waals surface area contributed by atoms with E-state index in [0.717, 1.165) is 11.1 Å². The van der Waals surface area contributed by atoms with Gasteiger partial charge in [0.1, 0.15) is 0 Å². The fourth-order valence-corrected chi connectivity index (χ4v) is 6.05. The highest BCUT2D eigenvalue weighted by Gasteiger charge is 2.41. The van der Waals surface area contributed by atoms with Crippen molar-refractivity contribution in [3.05, 3.63) is 59.7 Å². The smallest absolute Gasteiger partial charge is 0.207 e. The quantitative estimate of drug-likeness (QED) is 0.798. The standard InChI is InChI=1S/C18H22N2O4S2/c1-14-4-8-17(9-5-14)25(21,22)19-12-16(3)20(13-19)26(23,24)18-10-6-15(2)7-11-18/h4-11,16H,12-13H2,1-3H3/t16-/m0/s1. The molecule has 0 aliphatic carbocycles. The molecule has 1 heterocycles. The van der Waals surface area contributed by atoms with E-state index in [2.05, 4.69) is 0 Å². The van der Waals surface area contributed by atoms with Gasteiger partial charge in [-0.15, -0.1) is 0 Å². The van der Waals surface area contributed by atoms with Crippen LogP contribution < -0.4 is 0 Å². The normalized spacial score (nSPS) is 19.7. The Morgan fingerprint density at radius 2 is 1.19 bits per heavy atom. The molecule has 1 fully saturated rings. The molecule has 0 saturated carbocycles. The van der Waals surface area contributed by atoms with Crippen LogP contribution >= 0.6 is 0 Å². The van der Waals surface area contributed by atoms with Crippen LogP contribution in [0, 0.1) is 13.8 Å². The molecule has 26 heavy (non-hydrogen) atoms. The first-order chi connectivity index (χ1) is 12.1. The van der Waals surface area contributed by atoms with Crippen LogP contribution in [-0.4, -0.2) is 44.7 Å². The Bertz CT molecular complexity index is 998. The van der Waals surface area contributed by atoms with Crippen LogP contribution in [0.1, 0.15) is 18.1 Å². The number of sulfonamides is 2. The van der Waals surface area contributed by atoms with Crippen LogP contribution in [0.4, 0.5) is 0 Å². The average molecular weight is 395 g/mol. The third-order valence-corrected chi connectivity index (χ3v) is 8.32.